The van der Waals surface area contributed by atoms with Crippen LogP contribution in [0.3, 0.4) is 0 Å². The molecule has 0 aliphatic rings. The first-order valence-corrected chi connectivity index (χ1v) is 6.51. The average molecular weight is 273 g/mol. The molecule has 0 spiro atoms. The van der Waals surface area contributed by atoms with Gasteiger partial charge in [-0.2, -0.15) is 0 Å². The van der Waals surface area contributed by atoms with Crippen LogP contribution in [0.4, 0.5) is 0 Å². The molecule has 2 unspecified atom stereocenters. The maximum absolute atomic E-state index is 10.5. The van der Waals surface area contributed by atoms with Crippen LogP contribution in [0.25, 0.3) is 0 Å². The zero-order valence-corrected chi connectivity index (χ0v) is 12.1. The molecule has 1 N–H and O–H groups in total. The van der Waals surface area contributed by atoms with Crippen molar-refractivity contribution in [2.75, 3.05) is 13.7 Å². The van der Waals surface area contributed by atoms with E-state index in [2.05, 4.69) is 0 Å². The normalized spacial score (nSPS) is 16.1. The summed E-state index contributed by atoms with van der Waals surface area (Å²) in [4.78, 5) is 0. The van der Waals surface area contributed by atoms with Gasteiger partial charge in [0.2, 0.25) is 0 Å². The molecule has 0 radical (unpaired) electrons. The van der Waals surface area contributed by atoms with Crippen LogP contribution < -0.4 is 4.74 Å². The highest BCUT2D eigenvalue weighted by Gasteiger charge is 2.33. The topological polar surface area (TPSA) is 38.7 Å². The van der Waals surface area contributed by atoms with Crippen LogP contribution in [0.15, 0.2) is 18.2 Å². The number of benzene rings is 1. The van der Waals surface area contributed by atoms with Crippen molar-refractivity contribution < 1.29 is 14.6 Å². The minimum absolute atomic E-state index is 0.531. The fraction of sp³-hybridized carbons (Fsp3) is 0.571. The number of aliphatic hydroxyl groups excluding tert-OH is 1. The molecule has 18 heavy (non-hydrogen) atoms. The zero-order chi connectivity index (χ0) is 13.8. The molecule has 2 atom stereocenters. The lowest BCUT2D eigenvalue weighted by Crippen LogP contribution is -2.35. The number of aliphatic hydroxyl groups is 1. The van der Waals surface area contributed by atoms with E-state index >= 15 is 0 Å². The predicted octanol–water partition coefficient (Wildman–Crippen LogP) is 3.59. The van der Waals surface area contributed by atoms with Crippen LogP contribution in [0.5, 0.6) is 5.75 Å². The fourth-order valence-electron chi connectivity index (χ4n) is 1.90. The lowest BCUT2D eigenvalue weighted by atomic mass is 9.90. The fourth-order valence-corrected chi connectivity index (χ4v) is 2.10. The lowest BCUT2D eigenvalue weighted by molar-refractivity contribution is -0.113. The Morgan fingerprint density at radius 3 is 2.56 bits per heavy atom. The van der Waals surface area contributed by atoms with Gasteiger partial charge in [0, 0.05) is 6.61 Å². The molecular formula is C14H21ClO3. The molecule has 0 aliphatic carbocycles. The number of hydrogen-bond acceptors (Lipinski definition) is 3. The molecule has 0 saturated carbocycles. The highest BCUT2D eigenvalue weighted by atomic mass is 35.5. The standard InChI is InChI=1S/C14H21ClO3/c1-5-14(3,18-6-2)13(16)10-7-8-11(15)12(9-10)17-4/h7-9,13,16H,5-6H2,1-4H3. The minimum atomic E-state index is -0.714. The zero-order valence-electron chi connectivity index (χ0n) is 11.4. The number of halogens is 1. The highest BCUT2D eigenvalue weighted by Crippen LogP contribution is 2.35. The molecule has 1 rings (SSSR count). The van der Waals surface area contributed by atoms with E-state index in [1.807, 2.05) is 20.8 Å². The molecule has 0 amide bonds. The summed E-state index contributed by atoms with van der Waals surface area (Å²) in [5.41, 5.74) is 0.141. The summed E-state index contributed by atoms with van der Waals surface area (Å²) in [6, 6.07) is 5.27. The number of rotatable bonds is 6. The molecule has 102 valence electrons. The summed E-state index contributed by atoms with van der Waals surface area (Å²) in [6.07, 6.45) is 0.000983. The van der Waals surface area contributed by atoms with Gasteiger partial charge in [-0.05, 0) is 38.0 Å². The Balaban J connectivity index is 3.05. The summed E-state index contributed by atoms with van der Waals surface area (Å²) in [5.74, 6) is 0.558. The quantitative estimate of drug-likeness (QED) is 0.860. The van der Waals surface area contributed by atoms with Crippen molar-refractivity contribution in [2.24, 2.45) is 0 Å². The number of hydrogen-bond donors (Lipinski definition) is 1. The van der Waals surface area contributed by atoms with Gasteiger partial charge in [-0.15, -0.1) is 0 Å². The van der Waals surface area contributed by atoms with Crippen molar-refractivity contribution in [3.8, 4) is 5.75 Å². The summed E-state index contributed by atoms with van der Waals surface area (Å²) in [7, 11) is 1.55. The Morgan fingerprint density at radius 1 is 1.39 bits per heavy atom. The summed E-state index contributed by atoms with van der Waals surface area (Å²) in [6.45, 7) is 6.38. The summed E-state index contributed by atoms with van der Waals surface area (Å²) < 4.78 is 10.8. The number of ether oxygens (including phenoxy) is 2. The van der Waals surface area contributed by atoms with Gasteiger partial charge < -0.3 is 14.6 Å². The van der Waals surface area contributed by atoms with Crippen molar-refractivity contribution >= 4 is 11.6 Å². The Bertz CT molecular complexity index is 395. The third kappa shape index (κ3) is 3.16. The molecule has 0 aliphatic heterocycles. The minimum Gasteiger partial charge on any atom is -0.495 e. The molecule has 3 nitrogen and oxygen atoms in total. The van der Waals surface area contributed by atoms with Crippen LogP contribution >= 0.6 is 11.6 Å². The van der Waals surface area contributed by atoms with Crippen molar-refractivity contribution in [1.82, 2.24) is 0 Å². The van der Waals surface area contributed by atoms with Gasteiger partial charge in [-0.1, -0.05) is 24.6 Å². The van der Waals surface area contributed by atoms with E-state index in [4.69, 9.17) is 21.1 Å². The first kappa shape index (κ1) is 15.3. The van der Waals surface area contributed by atoms with E-state index in [1.165, 1.54) is 0 Å². The van der Waals surface area contributed by atoms with Gasteiger partial charge in [0.15, 0.2) is 0 Å². The van der Waals surface area contributed by atoms with E-state index in [0.29, 0.717) is 23.8 Å². The Morgan fingerprint density at radius 2 is 2.06 bits per heavy atom. The Labute approximate surface area is 114 Å². The van der Waals surface area contributed by atoms with Gasteiger partial charge in [0.05, 0.1) is 17.7 Å². The lowest BCUT2D eigenvalue weighted by Gasteiger charge is -2.33. The largest absolute Gasteiger partial charge is 0.495 e. The second-order valence-electron chi connectivity index (χ2n) is 4.40. The van der Waals surface area contributed by atoms with Crippen molar-refractivity contribution in [1.29, 1.82) is 0 Å². The van der Waals surface area contributed by atoms with Gasteiger partial charge >= 0.3 is 0 Å². The highest BCUT2D eigenvalue weighted by molar-refractivity contribution is 6.32. The van der Waals surface area contributed by atoms with E-state index in [0.717, 1.165) is 5.56 Å². The van der Waals surface area contributed by atoms with Crippen molar-refractivity contribution in [2.45, 2.75) is 38.9 Å². The Kier molecular flexibility index (Phi) is 5.45. The van der Waals surface area contributed by atoms with Crippen molar-refractivity contribution in [3.05, 3.63) is 28.8 Å². The molecular weight excluding hydrogens is 252 g/mol. The Hall–Kier alpha value is -0.770. The molecule has 0 saturated heterocycles. The molecule has 1 aromatic carbocycles. The van der Waals surface area contributed by atoms with E-state index in [-0.39, 0.29) is 0 Å². The molecule has 0 aromatic heterocycles. The second-order valence-corrected chi connectivity index (χ2v) is 4.80. The van der Waals surface area contributed by atoms with Crippen LogP contribution in [0, 0.1) is 0 Å². The summed E-state index contributed by atoms with van der Waals surface area (Å²) >= 11 is 5.97. The van der Waals surface area contributed by atoms with Crippen LogP contribution in [0.1, 0.15) is 38.9 Å². The third-order valence-corrected chi connectivity index (χ3v) is 3.56. The second kappa shape index (κ2) is 6.41. The maximum atomic E-state index is 10.5. The predicted molar refractivity (Wildman–Crippen MR) is 73.3 cm³/mol. The van der Waals surface area contributed by atoms with Gasteiger partial charge in [-0.25, -0.2) is 0 Å². The van der Waals surface area contributed by atoms with Gasteiger partial charge in [-0.3, -0.25) is 0 Å². The van der Waals surface area contributed by atoms with E-state index < -0.39 is 11.7 Å². The molecule has 0 bridgehead atoms. The van der Waals surface area contributed by atoms with Gasteiger partial charge in [0.1, 0.15) is 11.9 Å². The monoisotopic (exact) mass is 272 g/mol. The van der Waals surface area contributed by atoms with Crippen LogP contribution in [-0.2, 0) is 4.74 Å². The van der Waals surface area contributed by atoms with Crippen molar-refractivity contribution in [3.63, 3.8) is 0 Å². The third-order valence-electron chi connectivity index (χ3n) is 3.25. The molecule has 0 fully saturated rings. The van der Waals surface area contributed by atoms with E-state index in [1.54, 1.807) is 25.3 Å². The molecule has 4 heteroatoms. The van der Waals surface area contributed by atoms with Gasteiger partial charge in [0.25, 0.3) is 0 Å². The molecule has 1 aromatic rings. The average Bonchev–Trinajstić information content (AvgIpc) is 2.38. The first-order chi connectivity index (χ1) is 8.48. The summed E-state index contributed by atoms with van der Waals surface area (Å²) in [5, 5.41) is 11.0. The molecule has 0 heterocycles. The number of methoxy groups -OCH3 is 1. The first-order valence-electron chi connectivity index (χ1n) is 6.14. The van der Waals surface area contributed by atoms with Crippen LogP contribution in [-0.4, -0.2) is 24.4 Å². The van der Waals surface area contributed by atoms with E-state index in [9.17, 15) is 5.11 Å². The van der Waals surface area contributed by atoms with Crippen LogP contribution in [0.2, 0.25) is 5.02 Å². The maximum Gasteiger partial charge on any atom is 0.137 e. The smallest absolute Gasteiger partial charge is 0.137 e. The SMILES string of the molecule is CCOC(C)(CC)C(O)c1ccc(Cl)c(OC)c1.